The summed E-state index contributed by atoms with van der Waals surface area (Å²) >= 11 is 5.25. The fourth-order valence-corrected chi connectivity index (χ4v) is 1.84. The highest BCUT2D eigenvalue weighted by Crippen LogP contribution is 2.23. The van der Waals surface area contributed by atoms with Crippen molar-refractivity contribution in [3.05, 3.63) is 29.8 Å². The molecule has 0 radical (unpaired) electrons. The second-order valence-electron chi connectivity index (χ2n) is 6.01. The van der Waals surface area contributed by atoms with E-state index in [1.54, 1.807) is 0 Å². The van der Waals surface area contributed by atoms with Crippen molar-refractivity contribution in [2.75, 3.05) is 32.5 Å². The summed E-state index contributed by atoms with van der Waals surface area (Å²) in [4.78, 5) is 2.12. The molecule has 19 heavy (non-hydrogen) atoms. The first-order valence-corrected chi connectivity index (χ1v) is 7.00. The Kier molecular flexibility index (Phi) is 5.76. The topological polar surface area (TPSA) is 27.3 Å². The summed E-state index contributed by atoms with van der Waals surface area (Å²) in [7, 11) is 4.09. The van der Waals surface area contributed by atoms with E-state index < -0.39 is 0 Å². The zero-order chi connectivity index (χ0) is 14.5. The van der Waals surface area contributed by atoms with Gasteiger partial charge < -0.3 is 15.5 Å². The first-order valence-electron chi connectivity index (χ1n) is 6.59. The largest absolute Gasteiger partial charge is 0.361 e. The number of benzene rings is 1. The van der Waals surface area contributed by atoms with Crippen LogP contribution in [0.4, 0.5) is 5.69 Å². The molecule has 1 aromatic rings. The molecule has 0 aliphatic rings. The van der Waals surface area contributed by atoms with Crippen LogP contribution >= 0.6 is 12.2 Å². The molecule has 0 aliphatic carbocycles. The molecule has 0 saturated carbocycles. The van der Waals surface area contributed by atoms with Gasteiger partial charge in [0.1, 0.15) is 0 Å². The van der Waals surface area contributed by atoms with Crippen molar-refractivity contribution >= 4 is 23.0 Å². The SMILES string of the molecule is CN(C)CCNC(=S)Nc1ccc(C(C)(C)C)cc1. The van der Waals surface area contributed by atoms with Crippen molar-refractivity contribution in [2.45, 2.75) is 26.2 Å². The van der Waals surface area contributed by atoms with Crippen LogP contribution in [0.1, 0.15) is 26.3 Å². The Labute approximate surface area is 122 Å². The molecular formula is C15H25N3S. The molecule has 0 amide bonds. The van der Waals surface area contributed by atoms with Crippen LogP contribution in [-0.4, -0.2) is 37.2 Å². The van der Waals surface area contributed by atoms with Crippen LogP contribution in [0.3, 0.4) is 0 Å². The molecule has 2 N–H and O–H groups in total. The van der Waals surface area contributed by atoms with Crippen LogP contribution in [0.2, 0.25) is 0 Å². The number of rotatable bonds is 4. The Bertz CT molecular complexity index is 404. The number of hydrogen-bond acceptors (Lipinski definition) is 2. The fourth-order valence-electron chi connectivity index (χ4n) is 1.62. The smallest absolute Gasteiger partial charge is 0.170 e. The van der Waals surface area contributed by atoms with Crippen LogP contribution < -0.4 is 10.6 Å². The molecule has 106 valence electrons. The van der Waals surface area contributed by atoms with E-state index in [1.165, 1.54) is 5.56 Å². The van der Waals surface area contributed by atoms with Crippen LogP contribution in [0.15, 0.2) is 24.3 Å². The predicted molar refractivity (Wildman–Crippen MR) is 87.9 cm³/mol. The molecule has 0 fully saturated rings. The third-order valence-electron chi connectivity index (χ3n) is 2.85. The minimum absolute atomic E-state index is 0.184. The molecule has 0 aromatic heterocycles. The lowest BCUT2D eigenvalue weighted by Crippen LogP contribution is -2.34. The molecular weight excluding hydrogens is 254 g/mol. The number of likely N-dealkylation sites (N-methyl/N-ethyl adjacent to an activating group) is 1. The summed E-state index contributed by atoms with van der Waals surface area (Å²) < 4.78 is 0. The third-order valence-corrected chi connectivity index (χ3v) is 3.10. The molecule has 0 spiro atoms. The summed E-state index contributed by atoms with van der Waals surface area (Å²) in [5.74, 6) is 0. The van der Waals surface area contributed by atoms with Gasteiger partial charge in [0.2, 0.25) is 0 Å². The summed E-state index contributed by atoms with van der Waals surface area (Å²) in [5, 5.41) is 7.05. The first kappa shape index (κ1) is 15.9. The van der Waals surface area contributed by atoms with E-state index in [0.29, 0.717) is 5.11 Å². The minimum atomic E-state index is 0.184. The molecule has 0 saturated heterocycles. The van der Waals surface area contributed by atoms with Gasteiger partial charge in [0, 0.05) is 18.8 Å². The Balaban J connectivity index is 2.47. The lowest BCUT2D eigenvalue weighted by atomic mass is 9.87. The molecule has 4 heteroatoms. The van der Waals surface area contributed by atoms with Crippen molar-refractivity contribution in [3.8, 4) is 0 Å². The van der Waals surface area contributed by atoms with E-state index in [0.717, 1.165) is 18.8 Å². The van der Waals surface area contributed by atoms with Crippen LogP contribution in [0.5, 0.6) is 0 Å². The van der Waals surface area contributed by atoms with E-state index in [4.69, 9.17) is 12.2 Å². The summed E-state index contributed by atoms with van der Waals surface area (Å²) in [6.07, 6.45) is 0. The average molecular weight is 279 g/mol. The molecule has 0 unspecified atom stereocenters. The van der Waals surface area contributed by atoms with Gasteiger partial charge in [-0.3, -0.25) is 0 Å². The second-order valence-corrected chi connectivity index (χ2v) is 6.42. The molecule has 1 aromatic carbocycles. The Morgan fingerprint density at radius 1 is 1.16 bits per heavy atom. The number of anilines is 1. The Morgan fingerprint density at radius 2 is 1.74 bits per heavy atom. The van der Waals surface area contributed by atoms with Crippen molar-refractivity contribution in [2.24, 2.45) is 0 Å². The van der Waals surface area contributed by atoms with Gasteiger partial charge in [-0.1, -0.05) is 32.9 Å². The monoisotopic (exact) mass is 279 g/mol. The Hall–Kier alpha value is -1.13. The van der Waals surface area contributed by atoms with Crippen molar-refractivity contribution in [3.63, 3.8) is 0 Å². The number of hydrogen-bond donors (Lipinski definition) is 2. The summed E-state index contributed by atoms with van der Waals surface area (Å²) in [6, 6.07) is 8.43. The number of nitrogens with zero attached hydrogens (tertiary/aromatic N) is 1. The molecule has 1 rings (SSSR count). The highest BCUT2D eigenvalue weighted by Gasteiger charge is 2.12. The van der Waals surface area contributed by atoms with Crippen molar-refractivity contribution in [1.82, 2.24) is 10.2 Å². The molecule has 0 atom stereocenters. The standard InChI is InChI=1S/C15H25N3S/c1-15(2,3)12-6-8-13(9-7-12)17-14(19)16-10-11-18(4)5/h6-9H,10-11H2,1-5H3,(H2,16,17,19). The maximum absolute atomic E-state index is 5.25. The third kappa shape index (κ3) is 6.03. The van der Waals surface area contributed by atoms with E-state index in [-0.39, 0.29) is 5.41 Å². The minimum Gasteiger partial charge on any atom is -0.361 e. The first-order chi connectivity index (χ1) is 8.79. The van der Waals surface area contributed by atoms with Crippen molar-refractivity contribution in [1.29, 1.82) is 0 Å². The highest BCUT2D eigenvalue weighted by atomic mass is 32.1. The molecule has 0 aliphatic heterocycles. The Morgan fingerprint density at radius 3 is 2.21 bits per heavy atom. The average Bonchev–Trinajstić information content (AvgIpc) is 2.27. The van der Waals surface area contributed by atoms with E-state index in [2.05, 4.69) is 60.6 Å². The van der Waals surface area contributed by atoms with Gasteiger partial charge in [-0.2, -0.15) is 0 Å². The highest BCUT2D eigenvalue weighted by molar-refractivity contribution is 7.80. The molecule has 0 bridgehead atoms. The maximum atomic E-state index is 5.25. The fraction of sp³-hybridized carbons (Fsp3) is 0.533. The summed E-state index contributed by atoms with van der Waals surface area (Å²) in [6.45, 7) is 8.44. The van der Waals surface area contributed by atoms with Crippen LogP contribution in [0.25, 0.3) is 0 Å². The van der Waals surface area contributed by atoms with E-state index in [1.807, 2.05) is 14.1 Å². The quantitative estimate of drug-likeness (QED) is 0.829. The maximum Gasteiger partial charge on any atom is 0.170 e. The van der Waals surface area contributed by atoms with Crippen molar-refractivity contribution < 1.29 is 0 Å². The van der Waals surface area contributed by atoms with Crippen LogP contribution in [-0.2, 0) is 5.41 Å². The van der Waals surface area contributed by atoms with E-state index in [9.17, 15) is 0 Å². The van der Waals surface area contributed by atoms with Gasteiger partial charge in [0.15, 0.2) is 5.11 Å². The predicted octanol–water partition coefficient (Wildman–Crippen LogP) is 2.83. The van der Waals surface area contributed by atoms with Gasteiger partial charge >= 0.3 is 0 Å². The van der Waals surface area contributed by atoms with Gasteiger partial charge in [-0.05, 0) is 49.4 Å². The van der Waals surface area contributed by atoms with Gasteiger partial charge in [0.05, 0.1) is 0 Å². The zero-order valence-electron chi connectivity index (χ0n) is 12.6. The number of thiocarbonyl (C=S) groups is 1. The normalized spacial score (nSPS) is 11.5. The second kappa shape index (κ2) is 6.87. The lowest BCUT2D eigenvalue weighted by molar-refractivity contribution is 0.413. The van der Waals surface area contributed by atoms with Gasteiger partial charge in [0.25, 0.3) is 0 Å². The molecule has 3 nitrogen and oxygen atoms in total. The summed E-state index contributed by atoms with van der Waals surface area (Å²) in [5.41, 5.74) is 2.53. The zero-order valence-corrected chi connectivity index (χ0v) is 13.4. The molecule has 0 heterocycles. The van der Waals surface area contributed by atoms with E-state index >= 15 is 0 Å². The van der Waals surface area contributed by atoms with Gasteiger partial charge in [-0.25, -0.2) is 0 Å². The number of nitrogens with one attached hydrogen (secondary N) is 2. The lowest BCUT2D eigenvalue weighted by Gasteiger charge is -2.19. The van der Waals surface area contributed by atoms with Gasteiger partial charge in [-0.15, -0.1) is 0 Å². The van der Waals surface area contributed by atoms with Crippen LogP contribution in [0, 0.1) is 0 Å².